The van der Waals surface area contributed by atoms with Gasteiger partial charge in [0.25, 0.3) is 5.91 Å². The number of benzene rings is 4. The molecule has 272 valence electrons. The topological polar surface area (TPSA) is 88.1 Å². The van der Waals surface area contributed by atoms with E-state index in [1.165, 1.54) is 22.7 Å². The molecule has 0 saturated carbocycles. The number of hydrogen-bond donors (Lipinski definition) is 1. The van der Waals surface area contributed by atoms with Gasteiger partial charge in [0, 0.05) is 22.7 Å². The summed E-state index contributed by atoms with van der Waals surface area (Å²) in [5.74, 6) is -0.991. The molecule has 1 aliphatic heterocycles. The molecule has 3 unspecified atom stereocenters. The number of halogens is 3. The van der Waals surface area contributed by atoms with Crippen molar-refractivity contribution in [1.82, 2.24) is 0 Å². The molecule has 10 heteroatoms. The Morgan fingerprint density at radius 2 is 1.62 bits per heavy atom. The van der Waals surface area contributed by atoms with Crippen molar-refractivity contribution in [2.45, 2.75) is 71.6 Å². The number of hydrogen-bond acceptors (Lipinski definition) is 5. The van der Waals surface area contributed by atoms with Crippen LogP contribution in [-0.4, -0.2) is 30.1 Å². The van der Waals surface area contributed by atoms with Gasteiger partial charge < -0.3 is 10.1 Å². The van der Waals surface area contributed by atoms with Crippen molar-refractivity contribution in [2.75, 3.05) is 16.9 Å². The van der Waals surface area contributed by atoms with Crippen LogP contribution in [0.1, 0.15) is 80.5 Å². The van der Waals surface area contributed by atoms with Gasteiger partial charge in [-0.25, -0.2) is 0 Å². The number of hydrazone groups is 1. The number of esters is 1. The average molecular weight is 761 g/mol. The first-order chi connectivity index (χ1) is 25.0. The number of rotatable bonds is 16. The van der Waals surface area contributed by atoms with E-state index >= 15 is 0 Å². The van der Waals surface area contributed by atoms with Crippen LogP contribution in [0, 0.1) is 18.8 Å². The molecule has 7 nitrogen and oxygen atoms in total. The lowest BCUT2D eigenvalue weighted by Crippen LogP contribution is -2.29. The number of aryl methyl sites for hydroxylation is 1. The molecule has 0 radical (unpaired) electrons. The van der Waals surface area contributed by atoms with E-state index in [0.29, 0.717) is 47.2 Å². The standard InChI is InChI=1S/C42H44Cl3N3O4/c1-4-30(21-18-28(3)31-11-6-5-7-12-31)42(51)52-22-9-8-15-38(49)46-34-14-10-13-32(24-34)39-35(23-29-19-16-27(2)17-20-29)41(50)48(47-39)40-36(44)25-33(43)26-37(40)45/h5-7,10-14,16-17,19-20,24-26,28,30,35H,4,8-9,15,18,21-23H2,1-3H3,(H,46,49). The second kappa shape index (κ2) is 18.5. The number of amides is 2. The molecule has 0 bridgehead atoms. The first-order valence-electron chi connectivity index (χ1n) is 17.8. The summed E-state index contributed by atoms with van der Waals surface area (Å²) in [5.41, 5.74) is 5.43. The van der Waals surface area contributed by atoms with E-state index in [9.17, 15) is 14.4 Å². The van der Waals surface area contributed by atoms with Crippen molar-refractivity contribution in [1.29, 1.82) is 0 Å². The van der Waals surface area contributed by atoms with Gasteiger partial charge in [-0.3, -0.25) is 14.4 Å². The Hall–Kier alpha value is -4.17. The highest BCUT2D eigenvalue weighted by molar-refractivity contribution is 6.43. The van der Waals surface area contributed by atoms with E-state index < -0.39 is 5.92 Å². The molecule has 4 aromatic carbocycles. The molecule has 1 aliphatic rings. The van der Waals surface area contributed by atoms with E-state index in [1.807, 2.05) is 74.5 Å². The first kappa shape index (κ1) is 39.0. The summed E-state index contributed by atoms with van der Waals surface area (Å²) in [6.07, 6.45) is 4.25. The van der Waals surface area contributed by atoms with Crippen LogP contribution in [-0.2, 0) is 25.5 Å². The van der Waals surface area contributed by atoms with E-state index in [2.05, 4.69) is 24.4 Å². The molecular formula is C42H44Cl3N3O4. The second-order valence-corrected chi connectivity index (χ2v) is 14.6. The van der Waals surface area contributed by atoms with Crippen LogP contribution in [0.25, 0.3) is 0 Å². The van der Waals surface area contributed by atoms with Gasteiger partial charge in [-0.2, -0.15) is 10.1 Å². The molecule has 0 aliphatic carbocycles. The lowest BCUT2D eigenvalue weighted by atomic mass is 9.90. The van der Waals surface area contributed by atoms with Crippen molar-refractivity contribution in [3.05, 3.63) is 128 Å². The molecule has 5 rings (SSSR count). The van der Waals surface area contributed by atoms with Crippen molar-refractivity contribution in [3.63, 3.8) is 0 Å². The zero-order valence-corrected chi connectivity index (χ0v) is 32.0. The zero-order chi connectivity index (χ0) is 37.2. The van der Waals surface area contributed by atoms with Gasteiger partial charge in [-0.05, 0) is 86.8 Å². The Morgan fingerprint density at radius 3 is 2.31 bits per heavy atom. The smallest absolute Gasteiger partial charge is 0.308 e. The van der Waals surface area contributed by atoms with Crippen molar-refractivity contribution in [3.8, 4) is 0 Å². The molecule has 2 amide bonds. The van der Waals surface area contributed by atoms with Gasteiger partial charge in [0.1, 0.15) is 5.69 Å². The third-order valence-corrected chi connectivity index (χ3v) is 10.2. The minimum Gasteiger partial charge on any atom is -0.465 e. The number of anilines is 2. The Labute approximate surface area is 321 Å². The lowest BCUT2D eigenvalue weighted by Gasteiger charge is -2.17. The monoisotopic (exact) mass is 759 g/mol. The predicted octanol–water partition coefficient (Wildman–Crippen LogP) is 10.8. The van der Waals surface area contributed by atoms with Gasteiger partial charge in [0.2, 0.25) is 5.91 Å². The molecule has 0 spiro atoms. The van der Waals surface area contributed by atoms with E-state index in [4.69, 9.17) is 44.6 Å². The molecule has 0 fully saturated rings. The summed E-state index contributed by atoms with van der Waals surface area (Å²) < 4.78 is 5.60. The fraction of sp³-hybridized carbons (Fsp3) is 0.333. The molecule has 1 heterocycles. The summed E-state index contributed by atoms with van der Waals surface area (Å²) in [4.78, 5) is 39.6. The molecule has 0 aromatic heterocycles. The van der Waals surface area contributed by atoms with Crippen molar-refractivity contribution in [2.24, 2.45) is 16.9 Å². The van der Waals surface area contributed by atoms with Crippen LogP contribution >= 0.6 is 34.8 Å². The lowest BCUT2D eigenvalue weighted by molar-refractivity contribution is -0.149. The van der Waals surface area contributed by atoms with E-state index in [-0.39, 0.29) is 52.5 Å². The second-order valence-electron chi connectivity index (χ2n) is 13.3. The quantitative estimate of drug-likeness (QED) is 0.0910. The predicted molar refractivity (Wildman–Crippen MR) is 212 cm³/mol. The van der Waals surface area contributed by atoms with Crippen LogP contribution in [0.15, 0.2) is 96.1 Å². The van der Waals surface area contributed by atoms with Crippen LogP contribution in [0.3, 0.4) is 0 Å². The first-order valence-corrected chi connectivity index (χ1v) is 18.9. The minimum absolute atomic E-state index is 0.134. The largest absolute Gasteiger partial charge is 0.465 e. The van der Waals surface area contributed by atoms with Crippen molar-refractivity contribution >= 4 is 69.7 Å². The van der Waals surface area contributed by atoms with Gasteiger partial charge in [0.05, 0.1) is 34.2 Å². The zero-order valence-electron chi connectivity index (χ0n) is 29.7. The summed E-state index contributed by atoms with van der Waals surface area (Å²) in [5, 5.41) is 9.73. The summed E-state index contributed by atoms with van der Waals surface area (Å²) >= 11 is 19.2. The minimum atomic E-state index is -0.626. The molecule has 0 saturated heterocycles. The van der Waals surface area contributed by atoms with Crippen LogP contribution in [0.2, 0.25) is 15.1 Å². The van der Waals surface area contributed by atoms with Gasteiger partial charge in [-0.15, -0.1) is 0 Å². The number of nitrogens with one attached hydrogen (secondary N) is 1. The normalized spacial score (nSPS) is 15.3. The third kappa shape index (κ3) is 10.2. The molecule has 4 aromatic rings. The Morgan fingerprint density at radius 1 is 0.904 bits per heavy atom. The number of ether oxygens (including phenoxy) is 1. The van der Waals surface area contributed by atoms with Gasteiger partial charge in [-0.1, -0.05) is 121 Å². The molecule has 52 heavy (non-hydrogen) atoms. The number of carbonyl (C=O) groups is 3. The summed E-state index contributed by atoms with van der Waals surface area (Å²) in [6.45, 7) is 6.49. The number of carbonyl (C=O) groups excluding carboxylic acids is 3. The maximum atomic E-state index is 14.0. The van der Waals surface area contributed by atoms with Crippen LogP contribution in [0.4, 0.5) is 11.4 Å². The van der Waals surface area contributed by atoms with Crippen LogP contribution in [0.5, 0.6) is 0 Å². The third-order valence-electron chi connectivity index (χ3n) is 9.43. The highest BCUT2D eigenvalue weighted by Crippen LogP contribution is 2.40. The van der Waals surface area contributed by atoms with Crippen molar-refractivity contribution < 1.29 is 19.1 Å². The summed E-state index contributed by atoms with van der Waals surface area (Å²) in [7, 11) is 0. The van der Waals surface area contributed by atoms with Gasteiger partial charge in [0.15, 0.2) is 0 Å². The molecule has 1 N–H and O–H groups in total. The fourth-order valence-corrected chi connectivity index (χ4v) is 7.31. The Bertz CT molecular complexity index is 1880. The molecular weight excluding hydrogens is 717 g/mol. The average Bonchev–Trinajstić information content (AvgIpc) is 3.43. The Balaban J connectivity index is 1.17. The van der Waals surface area contributed by atoms with E-state index in [1.54, 1.807) is 6.07 Å². The van der Waals surface area contributed by atoms with Crippen LogP contribution < -0.4 is 10.3 Å². The summed E-state index contributed by atoms with van der Waals surface area (Å²) in [6, 6.07) is 28.7. The highest BCUT2D eigenvalue weighted by atomic mass is 35.5. The highest BCUT2D eigenvalue weighted by Gasteiger charge is 2.39. The maximum absolute atomic E-state index is 14.0. The van der Waals surface area contributed by atoms with Gasteiger partial charge >= 0.3 is 5.97 Å². The molecule has 3 atom stereocenters. The number of nitrogens with zero attached hydrogens (tertiary/aromatic N) is 2. The number of unbranched alkanes of at least 4 members (excludes halogenated alkanes) is 1. The maximum Gasteiger partial charge on any atom is 0.308 e. The van der Waals surface area contributed by atoms with E-state index in [0.717, 1.165) is 30.4 Å². The SMILES string of the molecule is CCC(CCC(C)c1ccccc1)C(=O)OCCCCC(=O)Nc1cccc(C2=NN(c3c(Cl)cc(Cl)cc3Cl)C(=O)C2Cc2ccc(C)cc2)c1. The Kier molecular flexibility index (Phi) is 13.9. The fourth-order valence-electron chi connectivity index (χ4n) is 6.34.